The van der Waals surface area contributed by atoms with Crippen molar-refractivity contribution in [3.8, 4) is 0 Å². The number of halogens is 3. The Morgan fingerprint density at radius 3 is 1.00 bits per heavy atom. The first-order valence-electron chi connectivity index (χ1n) is 0.507. The van der Waals surface area contributed by atoms with Crippen LogP contribution in [0.4, 0.5) is 12.6 Å². The van der Waals surface area contributed by atoms with Gasteiger partial charge in [0.1, 0.15) is 0 Å². The van der Waals surface area contributed by atoms with E-state index in [0.717, 1.165) is 0 Å². The van der Waals surface area contributed by atoms with Gasteiger partial charge in [-0.05, 0) is 0 Å². The average Bonchev–Trinajstić information content (AvgIpc) is 0.811. The lowest BCUT2D eigenvalue weighted by molar-refractivity contribution is 0.633. The van der Waals surface area contributed by atoms with Gasteiger partial charge in [-0.2, -0.15) is 12.6 Å². The fourth-order valence-corrected chi connectivity index (χ4v) is 0. The van der Waals surface area contributed by atoms with Crippen LogP contribution in [0, 0.1) is 0 Å². The van der Waals surface area contributed by atoms with Crippen molar-refractivity contribution in [2.24, 2.45) is 0 Å². The van der Waals surface area contributed by atoms with Crippen LogP contribution in [0.5, 0.6) is 0 Å². The van der Waals surface area contributed by atoms with Gasteiger partial charge in [0, 0.05) is 0 Å². The second kappa shape index (κ2) is 4.22. The molecule has 4 heteroatoms. The Hall–Kier alpha value is 0.220. The highest BCUT2D eigenvalue weighted by Gasteiger charge is 1.91. The summed E-state index contributed by atoms with van der Waals surface area (Å²) in [6.45, 7) is 0. The predicted octanol–water partition coefficient (Wildman–Crippen LogP) is 2.76. The molecule has 5 heavy (non-hydrogen) atoms. The van der Waals surface area contributed by atoms with Crippen LogP contribution in [-0.2, 0) is 0 Å². The predicted molar refractivity (Wildman–Crippen MR) is 17.0 cm³/mol. The first-order valence-corrected chi connectivity index (χ1v) is 1.52. The maximum absolute atomic E-state index is 9.73. The first-order chi connectivity index (χ1) is 1.73. The van der Waals surface area contributed by atoms with Crippen LogP contribution >= 0.6 is 8.85 Å². The summed E-state index contributed by atoms with van der Waals surface area (Å²) in [5, 5.41) is 0. The zero-order valence-corrected chi connectivity index (χ0v) is 2.48. The van der Waals surface area contributed by atoms with E-state index in [-0.39, 0.29) is 7.43 Å². The van der Waals surface area contributed by atoms with E-state index >= 15 is 0 Å². The maximum Gasteiger partial charge on any atom is 0.456 e. The molecule has 0 bridgehead atoms. The molecule has 0 saturated heterocycles. The molecule has 34 valence electrons. The lowest BCUT2D eigenvalue weighted by Gasteiger charge is -1.61. The molecule has 0 N–H and O–H groups in total. The van der Waals surface area contributed by atoms with E-state index in [1.54, 1.807) is 0 Å². The molecule has 0 aliphatic carbocycles. The standard InChI is InChI=1S/CH4.F3P/c;1-4(2)3/h1H4;. The number of rotatable bonds is 0. The van der Waals surface area contributed by atoms with Gasteiger partial charge in [0.05, 0.1) is 0 Å². The van der Waals surface area contributed by atoms with Gasteiger partial charge in [-0.1, -0.05) is 7.43 Å². The lowest BCUT2D eigenvalue weighted by Crippen LogP contribution is -1.10. The summed E-state index contributed by atoms with van der Waals surface area (Å²) in [5.74, 6) is 0. The molecule has 0 nitrogen and oxygen atoms in total. The lowest BCUT2D eigenvalue weighted by atomic mass is 12.0. The fraction of sp³-hybridized carbons (Fsp3) is 1.00. The highest BCUT2D eigenvalue weighted by molar-refractivity contribution is 7.40. The molecule has 0 saturated carbocycles. The molecule has 0 aromatic carbocycles. The molecule has 0 atom stereocenters. The van der Waals surface area contributed by atoms with Crippen LogP contribution in [0.2, 0.25) is 0 Å². The van der Waals surface area contributed by atoms with Gasteiger partial charge in [-0.15, -0.1) is 0 Å². The van der Waals surface area contributed by atoms with Crippen molar-refractivity contribution in [3.05, 3.63) is 0 Å². The summed E-state index contributed by atoms with van der Waals surface area (Å²) in [4.78, 5) is 0. The van der Waals surface area contributed by atoms with Crippen LogP contribution in [-0.4, -0.2) is 0 Å². The molecule has 0 aromatic heterocycles. The zero-order valence-electron chi connectivity index (χ0n) is 1.58. The van der Waals surface area contributed by atoms with Crippen LogP contribution in [0.3, 0.4) is 0 Å². The third kappa shape index (κ3) is 430. The maximum atomic E-state index is 9.73. The Kier molecular flexibility index (Phi) is 7.57. The van der Waals surface area contributed by atoms with E-state index in [9.17, 15) is 12.6 Å². The van der Waals surface area contributed by atoms with Crippen LogP contribution in [0.25, 0.3) is 0 Å². The third-order valence-electron chi connectivity index (χ3n) is 0. The highest BCUT2D eigenvalue weighted by atomic mass is 31.2. The Morgan fingerprint density at radius 1 is 1.00 bits per heavy atom. The van der Waals surface area contributed by atoms with E-state index in [1.165, 1.54) is 0 Å². The van der Waals surface area contributed by atoms with Gasteiger partial charge in [-0.25, -0.2) is 0 Å². The average molecular weight is 104 g/mol. The second-order valence-electron chi connectivity index (χ2n) is 0.192. The van der Waals surface area contributed by atoms with Crippen molar-refractivity contribution in [3.63, 3.8) is 0 Å². The molecular formula is CH4F3P. The molecule has 0 amide bonds. The third-order valence-corrected chi connectivity index (χ3v) is 0. The Morgan fingerprint density at radius 2 is 1.00 bits per heavy atom. The van der Waals surface area contributed by atoms with Crippen molar-refractivity contribution in [2.75, 3.05) is 0 Å². The molecule has 0 radical (unpaired) electrons. The smallest absolute Gasteiger partial charge is 0.152 e. The van der Waals surface area contributed by atoms with Gasteiger partial charge in [-0.3, -0.25) is 0 Å². The van der Waals surface area contributed by atoms with E-state index in [2.05, 4.69) is 0 Å². The molecule has 0 heterocycles. The Balaban J connectivity index is 0. The van der Waals surface area contributed by atoms with E-state index in [4.69, 9.17) is 0 Å². The monoisotopic (exact) mass is 104 g/mol. The second-order valence-corrected chi connectivity index (χ2v) is 0.575. The van der Waals surface area contributed by atoms with Crippen molar-refractivity contribution < 1.29 is 12.6 Å². The molecule has 0 aromatic rings. The van der Waals surface area contributed by atoms with Crippen molar-refractivity contribution >= 4 is 8.85 Å². The largest absolute Gasteiger partial charge is 0.456 e. The normalized spacial score (nSPS) is 7.20. The molecule has 0 aliphatic rings. The van der Waals surface area contributed by atoms with Gasteiger partial charge >= 0.3 is 8.85 Å². The van der Waals surface area contributed by atoms with E-state index in [1.807, 2.05) is 0 Å². The topological polar surface area (TPSA) is 0 Å². The van der Waals surface area contributed by atoms with Crippen LogP contribution in [0.1, 0.15) is 7.43 Å². The molecule has 0 unspecified atom stereocenters. The van der Waals surface area contributed by atoms with E-state index < -0.39 is 8.85 Å². The van der Waals surface area contributed by atoms with Gasteiger partial charge < -0.3 is 0 Å². The fourth-order valence-electron chi connectivity index (χ4n) is 0. The minimum atomic E-state index is -4.12. The first kappa shape index (κ1) is 8.97. The minimum absolute atomic E-state index is 0. The highest BCUT2D eigenvalue weighted by Crippen LogP contribution is 2.39. The van der Waals surface area contributed by atoms with Gasteiger partial charge in [0.25, 0.3) is 0 Å². The Bertz CT molecular complexity index is 11.6. The summed E-state index contributed by atoms with van der Waals surface area (Å²) in [6, 6.07) is 0. The number of hydrogen-bond acceptors (Lipinski definition) is 0. The number of hydrogen-bond donors (Lipinski definition) is 0. The van der Waals surface area contributed by atoms with Crippen LogP contribution in [0.15, 0.2) is 0 Å². The zero-order chi connectivity index (χ0) is 3.58. The van der Waals surface area contributed by atoms with Crippen molar-refractivity contribution in [1.82, 2.24) is 0 Å². The summed E-state index contributed by atoms with van der Waals surface area (Å²) in [6.07, 6.45) is 0. The molecule has 0 rings (SSSR count). The quantitative estimate of drug-likeness (QED) is 0.414. The van der Waals surface area contributed by atoms with Crippen molar-refractivity contribution in [2.45, 2.75) is 7.43 Å². The summed E-state index contributed by atoms with van der Waals surface area (Å²) < 4.78 is 29.2. The molecular weight excluding hydrogens is 100.0 g/mol. The summed E-state index contributed by atoms with van der Waals surface area (Å²) >= 11 is 0. The summed E-state index contributed by atoms with van der Waals surface area (Å²) in [7, 11) is -4.12. The summed E-state index contributed by atoms with van der Waals surface area (Å²) in [5.41, 5.74) is 0. The SMILES string of the molecule is C.FP(F)F. The van der Waals surface area contributed by atoms with Crippen molar-refractivity contribution in [1.29, 1.82) is 0 Å². The molecule has 0 fully saturated rings. The molecule has 0 aliphatic heterocycles. The minimum Gasteiger partial charge on any atom is -0.152 e. The molecule has 0 spiro atoms. The van der Waals surface area contributed by atoms with Gasteiger partial charge in [0.2, 0.25) is 0 Å². The van der Waals surface area contributed by atoms with Gasteiger partial charge in [0.15, 0.2) is 0 Å². The van der Waals surface area contributed by atoms with Crippen LogP contribution < -0.4 is 0 Å². The Labute approximate surface area is 30.1 Å². The van der Waals surface area contributed by atoms with E-state index in [0.29, 0.717) is 0 Å².